The van der Waals surface area contributed by atoms with E-state index in [0.717, 1.165) is 17.9 Å². The van der Waals surface area contributed by atoms with Crippen LogP contribution < -0.4 is 11.1 Å². The summed E-state index contributed by atoms with van der Waals surface area (Å²) in [5.74, 6) is 2.76. The van der Waals surface area contributed by atoms with Crippen molar-refractivity contribution >= 4 is 23.0 Å². The Kier molecular flexibility index (Phi) is 5.54. The Morgan fingerprint density at radius 2 is 1.94 bits per heavy atom. The van der Waals surface area contributed by atoms with Crippen molar-refractivity contribution < 1.29 is 0 Å². The lowest BCUT2D eigenvalue weighted by molar-refractivity contribution is 0.304. The summed E-state index contributed by atoms with van der Waals surface area (Å²) < 4.78 is 0. The number of nitrogens with one attached hydrogen (secondary N) is 1. The smallest absolute Gasteiger partial charge is 0.126 e. The first-order valence-corrected chi connectivity index (χ1v) is 6.82. The van der Waals surface area contributed by atoms with Crippen LogP contribution in [0, 0.1) is 17.8 Å². The molecule has 3 N–H and O–H groups in total. The summed E-state index contributed by atoms with van der Waals surface area (Å²) in [6, 6.07) is 3.73. The first-order valence-electron chi connectivity index (χ1n) is 6.41. The summed E-state index contributed by atoms with van der Waals surface area (Å²) in [5.41, 5.74) is 6.47. The lowest BCUT2D eigenvalue weighted by Gasteiger charge is -2.25. The lowest BCUT2D eigenvalue weighted by Crippen LogP contribution is -2.25. The quantitative estimate of drug-likeness (QED) is 0.776. The fourth-order valence-electron chi connectivity index (χ4n) is 2.14. The molecule has 0 spiro atoms. The van der Waals surface area contributed by atoms with Crippen LogP contribution in [-0.4, -0.2) is 16.5 Å². The van der Waals surface area contributed by atoms with Gasteiger partial charge in [0.2, 0.25) is 0 Å². The molecule has 0 aliphatic carbocycles. The molecule has 0 saturated heterocycles. The highest BCUT2D eigenvalue weighted by Crippen LogP contribution is 2.21. The van der Waals surface area contributed by atoms with E-state index >= 15 is 0 Å². The molecule has 0 unspecified atom stereocenters. The molecule has 18 heavy (non-hydrogen) atoms. The van der Waals surface area contributed by atoms with Gasteiger partial charge in [0, 0.05) is 18.3 Å². The normalized spacial score (nSPS) is 11.3. The summed E-state index contributed by atoms with van der Waals surface area (Å²) in [5, 5.41) is 3.38. The number of nitrogens with zero attached hydrogens (tertiary/aromatic N) is 1. The Bertz CT molecular complexity index is 394. The molecule has 1 rings (SSSR count). The molecule has 0 atom stereocenters. The fraction of sp³-hybridized carbons (Fsp3) is 0.571. The van der Waals surface area contributed by atoms with Crippen molar-refractivity contribution in [1.82, 2.24) is 4.98 Å². The second-order valence-electron chi connectivity index (χ2n) is 5.33. The molecule has 0 fully saturated rings. The highest BCUT2D eigenvalue weighted by Gasteiger charge is 2.17. The van der Waals surface area contributed by atoms with Crippen molar-refractivity contribution in [3.05, 3.63) is 23.9 Å². The minimum absolute atomic E-state index is 0.407. The van der Waals surface area contributed by atoms with Crippen LogP contribution in [-0.2, 0) is 0 Å². The minimum Gasteiger partial charge on any atom is -0.389 e. The number of thiocarbonyl (C=S) groups is 1. The highest BCUT2D eigenvalue weighted by molar-refractivity contribution is 7.80. The molecule has 0 aliphatic rings. The predicted molar refractivity (Wildman–Crippen MR) is 81.8 cm³/mol. The van der Waals surface area contributed by atoms with Crippen molar-refractivity contribution in [3.8, 4) is 0 Å². The lowest BCUT2D eigenvalue weighted by atomic mass is 9.85. The van der Waals surface area contributed by atoms with E-state index in [1.165, 1.54) is 0 Å². The summed E-state index contributed by atoms with van der Waals surface area (Å²) in [4.78, 5) is 4.69. The average Bonchev–Trinajstić information content (AvgIpc) is 2.28. The van der Waals surface area contributed by atoms with Gasteiger partial charge in [0.05, 0.1) is 0 Å². The van der Waals surface area contributed by atoms with Crippen LogP contribution in [0.4, 0.5) is 5.82 Å². The summed E-state index contributed by atoms with van der Waals surface area (Å²) in [6.07, 6.45) is 1.73. The first-order chi connectivity index (χ1) is 8.41. The molecule has 100 valence electrons. The van der Waals surface area contributed by atoms with Crippen molar-refractivity contribution in [1.29, 1.82) is 0 Å². The molecular weight excluding hydrogens is 242 g/mol. The molecule has 1 aromatic heterocycles. The van der Waals surface area contributed by atoms with E-state index in [1.807, 2.05) is 12.1 Å². The first kappa shape index (κ1) is 14.9. The molecule has 0 amide bonds. The summed E-state index contributed by atoms with van der Waals surface area (Å²) in [7, 11) is 0. The number of aromatic nitrogens is 1. The third-order valence-electron chi connectivity index (χ3n) is 3.28. The fourth-order valence-corrected chi connectivity index (χ4v) is 2.27. The second-order valence-corrected chi connectivity index (χ2v) is 5.77. The topological polar surface area (TPSA) is 50.9 Å². The van der Waals surface area contributed by atoms with Gasteiger partial charge in [-0.1, -0.05) is 39.9 Å². The molecule has 1 heterocycles. The van der Waals surface area contributed by atoms with Gasteiger partial charge in [0.25, 0.3) is 0 Å². The molecule has 4 heteroatoms. The van der Waals surface area contributed by atoms with Crippen LogP contribution in [0.15, 0.2) is 18.3 Å². The second kappa shape index (κ2) is 6.69. The van der Waals surface area contributed by atoms with Crippen LogP contribution in [0.1, 0.15) is 33.3 Å². The van der Waals surface area contributed by atoms with E-state index in [1.54, 1.807) is 6.20 Å². The zero-order chi connectivity index (χ0) is 13.7. The van der Waals surface area contributed by atoms with Crippen LogP contribution in [0.2, 0.25) is 0 Å². The van der Waals surface area contributed by atoms with Crippen molar-refractivity contribution in [2.75, 3.05) is 11.9 Å². The van der Waals surface area contributed by atoms with Gasteiger partial charge in [-0.3, -0.25) is 0 Å². The maximum absolute atomic E-state index is 5.61. The van der Waals surface area contributed by atoms with Crippen molar-refractivity contribution in [2.24, 2.45) is 23.5 Å². The summed E-state index contributed by atoms with van der Waals surface area (Å²) in [6.45, 7) is 9.94. The molecule has 0 aliphatic heterocycles. The van der Waals surface area contributed by atoms with Crippen molar-refractivity contribution in [3.63, 3.8) is 0 Å². The largest absolute Gasteiger partial charge is 0.389 e. The Morgan fingerprint density at radius 1 is 1.33 bits per heavy atom. The van der Waals surface area contributed by atoms with Gasteiger partial charge in [-0.25, -0.2) is 4.98 Å². The average molecular weight is 265 g/mol. The number of hydrogen-bond acceptors (Lipinski definition) is 3. The number of anilines is 1. The van der Waals surface area contributed by atoms with E-state index in [2.05, 4.69) is 38.0 Å². The Balaban J connectivity index is 2.67. The van der Waals surface area contributed by atoms with Crippen LogP contribution in [0.3, 0.4) is 0 Å². The molecular formula is C14H23N3S. The molecule has 0 radical (unpaired) electrons. The third-order valence-corrected chi connectivity index (χ3v) is 3.51. The minimum atomic E-state index is 0.407. The number of hydrogen-bond donors (Lipinski definition) is 2. The van der Waals surface area contributed by atoms with E-state index in [0.29, 0.717) is 22.7 Å². The predicted octanol–water partition coefficient (Wildman–Crippen LogP) is 3.06. The van der Waals surface area contributed by atoms with Gasteiger partial charge < -0.3 is 11.1 Å². The van der Waals surface area contributed by atoms with E-state index < -0.39 is 0 Å². The van der Waals surface area contributed by atoms with Gasteiger partial charge in [0.1, 0.15) is 10.8 Å². The number of rotatable bonds is 6. The van der Waals surface area contributed by atoms with Gasteiger partial charge in [-0.05, 0) is 29.9 Å². The van der Waals surface area contributed by atoms with E-state index in [9.17, 15) is 0 Å². The molecule has 1 aromatic rings. The van der Waals surface area contributed by atoms with Crippen LogP contribution in [0.5, 0.6) is 0 Å². The van der Waals surface area contributed by atoms with E-state index in [4.69, 9.17) is 18.0 Å². The highest BCUT2D eigenvalue weighted by atomic mass is 32.1. The zero-order valence-corrected chi connectivity index (χ0v) is 12.4. The van der Waals surface area contributed by atoms with Crippen molar-refractivity contribution in [2.45, 2.75) is 27.7 Å². The Hall–Kier alpha value is -1.16. The Morgan fingerprint density at radius 3 is 2.44 bits per heavy atom. The van der Waals surface area contributed by atoms with Gasteiger partial charge >= 0.3 is 0 Å². The van der Waals surface area contributed by atoms with Crippen LogP contribution >= 0.6 is 12.2 Å². The monoisotopic (exact) mass is 265 g/mol. The zero-order valence-electron chi connectivity index (χ0n) is 11.6. The third kappa shape index (κ3) is 4.26. The van der Waals surface area contributed by atoms with E-state index in [-0.39, 0.29) is 0 Å². The maximum atomic E-state index is 5.61. The molecule has 0 saturated carbocycles. The summed E-state index contributed by atoms with van der Waals surface area (Å²) >= 11 is 4.96. The number of nitrogens with two attached hydrogens (primary N) is 1. The number of pyridine rings is 1. The SMILES string of the molecule is CC(C)C(CNc1cc(C(N)=S)ccn1)C(C)C. The van der Waals surface area contributed by atoms with Gasteiger partial charge in [-0.2, -0.15) is 0 Å². The molecule has 0 aromatic carbocycles. The Labute approximate surface area is 115 Å². The van der Waals surface area contributed by atoms with Crippen LogP contribution in [0.25, 0.3) is 0 Å². The molecule has 0 bridgehead atoms. The maximum Gasteiger partial charge on any atom is 0.126 e. The molecule has 3 nitrogen and oxygen atoms in total. The van der Waals surface area contributed by atoms with Gasteiger partial charge in [-0.15, -0.1) is 0 Å². The van der Waals surface area contributed by atoms with Gasteiger partial charge in [0.15, 0.2) is 0 Å². The standard InChI is InChI=1S/C14H23N3S/c1-9(2)12(10(3)4)8-17-13-7-11(14(15)18)5-6-16-13/h5-7,9-10,12H,8H2,1-4H3,(H2,15,18)(H,16,17).